The van der Waals surface area contributed by atoms with Crippen LogP contribution in [-0.2, 0) is 0 Å². The van der Waals surface area contributed by atoms with Crippen LogP contribution in [0.15, 0.2) is 77.3 Å². The molecule has 0 saturated heterocycles. The molecule has 0 unspecified atom stereocenters. The second-order valence-electron chi connectivity index (χ2n) is 5.17. The lowest BCUT2D eigenvalue weighted by atomic mass is 9.36. The summed E-state index contributed by atoms with van der Waals surface area (Å²) in [6.45, 7) is 0.222. The number of hydrogen-bond acceptors (Lipinski definition) is 1. The maximum absolute atomic E-state index is 6.08. The fourth-order valence-electron chi connectivity index (χ4n) is 2.94. The molecule has 0 bridgehead atoms. The van der Waals surface area contributed by atoms with E-state index in [0.29, 0.717) is 0 Å². The quantitative estimate of drug-likeness (QED) is 0.486. The first-order valence-electron chi connectivity index (χ1n) is 6.94. The number of para-hydroxylation sites is 1. The van der Waals surface area contributed by atoms with E-state index in [-0.39, 0.29) is 6.71 Å². The van der Waals surface area contributed by atoms with Crippen molar-refractivity contribution in [2.45, 2.75) is 0 Å². The van der Waals surface area contributed by atoms with Crippen molar-refractivity contribution < 1.29 is 4.74 Å². The molecule has 1 aliphatic heterocycles. The van der Waals surface area contributed by atoms with Crippen LogP contribution in [0.1, 0.15) is 0 Å². The molecule has 0 N–H and O–H groups in total. The van der Waals surface area contributed by atoms with Crippen molar-refractivity contribution in [1.82, 2.24) is 0 Å². The Labute approximate surface area is 132 Å². The number of halogens is 1. The van der Waals surface area contributed by atoms with Gasteiger partial charge < -0.3 is 4.74 Å². The third kappa shape index (κ3) is 2.18. The standard InChI is InChI=1S/C18H12BBrO/c20-14-10-11-16-18(12-14)21-17-9-5-4-8-15(17)19(16)13-6-2-1-3-7-13/h1-12H. The summed E-state index contributed by atoms with van der Waals surface area (Å²) in [6.07, 6.45) is 0. The van der Waals surface area contributed by atoms with Gasteiger partial charge in [-0.15, -0.1) is 0 Å². The van der Waals surface area contributed by atoms with Gasteiger partial charge in [0.25, 0.3) is 6.71 Å². The van der Waals surface area contributed by atoms with Gasteiger partial charge in [0.05, 0.1) is 0 Å². The van der Waals surface area contributed by atoms with Crippen LogP contribution in [0.25, 0.3) is 0 Å². The molecule has 3 aromatic carbocycles. The summed E-state index contributed by atoms with van der Waals surface area (Å²) in [6, 6.07) is 25.1. The van der Waals surface area contributed by atoms with Crippen molar-refractivity contribution >= 4 is 39.0 Å². The summed E-state index contributed by atoms with van der Waals surface area (Å²) >= 11 is 3.53. The number of ether oxygens (including phenoxy) is 1. The Balaban J connectivity index is 1.97. The molecule has 1 nitrogen and oxygen atoms in total. The fourth-order valence-corrected chi connectivity index (χ4v) is 3.28. The summed E-state index contributed by atoms with van der Waals surface area (Å²) < 4.78 is 7.11. The van der Waals surface area contributed by atoms with E-state index in [1.54, 1.807) is 0 Å². The summed E-state index contributed by atoms with van der Waals surface area (Å²) in [7, 11) is 0. The minimum atomic E-state index is 0.222. The first-order valence-corrected chi connectivity index (χ1v) is 7.73. The highest BCUT2D eigenvalue weighted by Gasteiger charge is 2.31. The largest absolute Gasteiger partial charge is 0.458 e. The summed E-state index contributed by atoms with van der Waals surface area (Å²) in [5, 5.41) is 0. The molecule has 21 heavy (non-hydrogen) atoms. The van der Waals surface area contributed by atoms with E-state index in [1.807, 2.05) is 18.2 Å². The van der Waals surface area contributed by atoms with Crippen molar-refractivity contribution in [2.24, 2.45) is 0 Å². The molecule has 1 aliphatic rings. The van der Waals surface area contributed by atoms with Crippen LogP contribution in [0.3, 0.4) is 0 Å². The zero-order valence-electron chi connectivity index (χ0n) is 11.3. The molecule has 0 aliphatic carbocycles. The molecule has 0 amide bonds. The predicted molar refractivity (Wildman–Crippen MR) is 91.8 cm³/mol. The van der Waals surface area contributed by atoms with E-state index < -0.39 is 0 Å². The van der Waals surface area contributed by atoms with Crippen LogP contribution < -0.4 is 21.1 Å². The van der Waals surface area contributed by atoms with Gasteiger partial charge in [-0.25, -0.2) is 0 Å². The smallest absolute Gasteiger partial charge is 0.250 e. The molecular formula is C18H12BBrO. The van der Waals surface area contributed by atoms with Gasteiger partial charge in [-0.3, -0.25) is 0 Å². The van der Waals surface area contributed by atoms with Gasteiger partial charge >= 0.3 is 0 Å². The van der Waals surface area contributed by atoms with Crippen molar-refractivity contribution in [1.29, 1.82) is 0 Å². The molecule has 0 aromatic heterocycles. The van der Waals surface area contributed by atoms with Crippen LogP contribution >= 0.6 is 15.9 Å². The van der Waals surface area contributed by atoms with Crippen molar-refractivity contribution in [3.63, 3.8) is 0 Å². The average Bonchev–Trinajstić information content (AvgIpc) is 2.53. The van der Waals surface area contributed by atoms with Gasteiger partial charge in [0.1, 0.15) is 11.5 Å². The highest BCUT2D eigenvalue weighted by molar-refractivity contribution is 9.10. The molecule has 3 heteroatoms. The molecule has 0 saturated carbocycles. The molecule has 3 aromatic rings. The van der Waals surface area contributed by atoms with Crippen LogP contribution in [-0.4, -0.2) is 6.71 Å². The molecule has 1 heterocycles. The van der Waals surface area contributed by atoms with Crippen LogP contribution in [0.5, 0.6) is 11.5 Å². The van der Waals surface area contributed by atoms with E-state index in [4.69, 9.17) is 4.74 Å². The monoisotopic (exact) mass is 334 g/mol. The first-order chi connectivity index (χ1) is 10.3. The van der Waals surface area contributed by atoms with Gasteiger partial charge in [0, 0.05) is 4.47 Å². The Morgan fingerprint density at radius 2 is 1.43 bits per heavy atom. The van der Waals surface area contributed by atoms with Crippen molar-refractivity contribution in [3.8, 4) is 11.5 Å². The Morgan fingerprint density at radius 1 is 0.714 bits per heavy atom. The summed E-state index contributed by atoms with van der Waals surface area (Å²) in [5.74, 6) is 1.87. The highest BCUT2D eigenvalue weighted by atomic mass is 79.9. The molecule has 0 fully saturated rings. The third-order valence-electron chi connectivity index (χ3n) is 3.87. The normalized spacial score (nSPS) is 12.3. The summed E-state index contributed by atoms with van der Waals surface area (Å²) in [4.78, 5) is 0. The predicted octanol–water partition coefficient (Wildman–Crippen LogP) is 3.07. The SMILES string of the molecule is Brc1ccc2c(c1)Oc1ccccc1B2c1ccccc1. The third-order valence-corrected chi connectivity index (χ3v) is 4.36. The lowest BCUT2D eigenvalue weighted by molar-refractivity contribution is 0.487. The Hall–Kier alpha value is -2.00. The molecule has 100 valence electrons. The topological polar surface area (TPSA) is 9.23 Å². The van der Waals surface area contributed by atoms with E-state index in [9.17, 15) is 0 Å². The van der Waals surface area contributed by atoms with Crippen molar-refractivity contribution in [3.05, 3.63) is 77.3 Å². The lowest BCUT2D eigenvalue weighted by Crippen LogP contribution is -2.54. The van der Waals surface area contributed by atoms with E-state index in [0.717, 1.165) is 16.0 Å². The van der Waals surface area contributed by atoms with Gasteiger partial charge in [-0.1, -0.05) is 76.0 Å². The first kappa shape index (κ1) is 12.7. The van der Waals surface area contributed by atoms with Crippen LogP contribution in [0.4, 0.5) is 0 Å². The van der Waals surface area contributed by atoms with E-state index in [1.165, 1.54) is 16.4 Å². The Bertz CT molecular complexity index is 801. The molecule has 0 spiro atoms. The summed E-state index contributed by atoms with van der Waals surface area (Å²) in [5.41, 5.74) is 3.72. The van der Waals surface area contributed by atoms with Crippen LogP contribution in [0.2, 0.25) is 0 Å². The van der Waals surface area contributed by atoms with Gasteiger partial charge in [-0.2, -0.15) is 0 Å². The number of fused-ring (bicyclic) bond motifs is 2. The molecule has 0 radical (unpaired) electrons. The molecular weight excluding hydrogens is 323 g/mol. The highest BCUT2D eigenvalue weighted by Crippen LogP contribution is 2.26. The molecule has 4 rings (SSSR count). The second-order valence-corrected chi connectivity index (χ2v) is 6.08. The second kappa shape index (κ2) is 5.08. The van der Waals surface area contributed by atoms with Gasteiger partial charge in [0.15, 0.2) is 0 Å². The number of benzene rings is 3. The average molecular weight is 335 g/mol. The zero-order valence-corrected chi connectivity index (χ0v) is 12.9. The van der Waals surface area contributed by atoms with Crippen LogP contribution in [0, 0.1) is 0 Å². The van der Waals surface area contributed by atoms with Crippen molar-refractivity contribution in [2.75, 3.05) is 0 Å². The number of hydrogen-bond donors (Lipinski definition) is 0. The Kier molecular flexibility index (Phi) is 3.08. The minimum absolute atomic E-state index is 0.222. The lowest BCUT2D eigenvalue weighted by Gasteiger charge is -2.26. The van der Waals surface area contributed by atoms with E-state index >= 15 is 0 Å². The van der Waals surface area contributed by atoms with Gasteiger partial charge in [0.2, 0.25) is 0 Å². The maximum atomic E-state index is 6.08. The fraction of sp³-hybridized carbons (Fsp3) is 0. The Morgan fingerprint density at radius 3 is 2.29 bits per heavy atom. The van der Waals surface area contributed by atoms with Gasteiger partial charge in [-0.05, 0) is 29.1 Å². The number of rotatable bonds is 1. The molecule has 0 atom stereocenters. The maximum Gasteiger partial charge on any atom is 0.250 e. The zero-order chi connectivity index (χ0) is 14.2. The van der Waals surface area contributed by atoms with E-state index in [2.05, 4.69) is 70.5 Å². The minimum Gasteiger partial charge on any atom is -0.458 e.